The van der Waals surface area contributed by atoms with Crippen LogP contribution in [0.15, 0.2) is 12.7 Å². The van der Waals surface area contributed by atoms with Crippen LogP contribution in [0, 0.1) is 5.41 Å². The molecule has 0 spiro atoms. The van der Waals surface area contributed by atoms with Gasteiger partial charge in [0.1, 0.15) is 12.2 Å². The van der Waals surface area contributed by atoms with E-state index in [1.54, 1.807) is 6.08 Å². The molecule has 5 nitrogen and oxygen atoms in total. The highest BCUT2D eigenvalue weighted by atomic mass is 28.4. The molecular formula is C19H34O5Si. The van der Waals surface area contributed by atoms with E-state index in [1.807, 2.05) is 6.92 Å². The van der Waals surface area contributed by atoms with Gasteiger partial charge in [0.15, 0.2) is 8.32 Å². The second kappa shape index (κ2) is 7.14. The van der Waals surface area contributed by atoms with Crippen molar-refractivity contribution >= 4 is 14.3 Å². The van der Waals surface area contributed by atoms with Crippen molar-refractivity contribution in [3.8, 4) is 0 Å². The summed E-state index contributed by atoms with van der Waals surface area (Å²) >= 11 is 0. The van der Waals surface area contributed by atoms with Crippen LogP contribution in [0.2, 0.25) is 18.1 Å². The summed E-state index contributed by atoms with van der Waals surface area (Å²) in [6, 6.07) is 0. The third kappa shape index (κ3) is 4.18. The van der Waals surface area contributed by atoms with Crippen LogP contribution in [0.25, 0.3) is 0 Å². The maximum atomic E-state index is 12.1. The van der Waals surface area contributed by atoms with E-state index >= 15 is 0 Å². The smallest absolute Gasteiger partial charge is 0.308 e. The molecule has 0 aromatic carbocycles. The molecule has 0 radical (unpaired) electrons. The molecule has 0 aromatic heterocycles. The third-order valence-corrected chi connectivity index (χ3v) is 10.5. The normalized spacial score (nSPS) is 35.0. The Morgan fingerprint density at radius 1 is 1.32 bits per heavy atom. The van der Waals surface area contributed by atoms with Crippen molar-refractivity contribution in [2.45, 2.75) is 83.6 Å². The number of epoxide rings is 1. The summed E-state index contributed by atoms with van der Waals surface area (Å²) < 4.78 is 23.7. The molecule has 2 fully saturated rings. The molecule has 2 heterocycles. The largest absolute Gasteiger partial charge is 0.466 e. The highest BCUT2D eigenvalue weighted by molar-refractivity contribution is 6.74. The number of esters is 1. The van der Waals surface area contributed by atoms with Gasteiger partial charge in [-0.25, -0.2) is 0 Å². The fourth-order valence-corrected chi connectivity index (χ4v) is 4.18. The number of carbonyl (C=O) groups is 1. The minimum Gasteiger partial charge on any atom is -0.466 e. The van der Waals surface area contributed by atoms with Crippen molar-refractivity contribution in [3.63, 3.8) is 0 Å². The molecule has 0 unspecified atom stereocenters. The maximum absolute atomic E-state index is 12.1. The maximum Gasteiger partial charge on any atom is 0.308 e. The Morgan fingerprint density at radius 2 is 1.96 bits per heavy atom. The first-order chi connectivity index (χ1) is 11.5. The average Bonchev–Trinajstić information content (AvgIpc) is 3.29. The van der Waals surface area contributed by atoms with Gasteiger partial charge < -0.3 is 18.6 Å². The Balaban J connectivity index is 2.15. The van der Waals surface area contributed by atoms with Crippen molar-refractivity contribution in [3.05, 3.63) is 12.7 Å². The number of hydrogen-bond acceptors (Lipinski definition) is 5. The number of fused-ring (bicyclic) bond motifs is 1. The van der Waals surface area contributed by atoms with Gasteiger partial charge in [0.2, 0.25) is 0 Å². The lowest BCUT2D eigenvalue weighted by Gasteiger charge is -2.44. The molecule has 0 saturated carbocycles. The Kier molecular flexibility index (Phi) is 5.89. The first-order valence-electron chi connectivity index (χ1n) is 9.19. The van der Waals surface area contributed by atoms with Crippen LogP contribution in [-0.2, 0) is 23.4 Å². The molecule has 144 valence electrons. The lowest BCUT2D eigenvalue weighted by Crippen LogP contribution is -2.54. The lowest BCUT2D eigenvalue weighted by atomic mass is 9.76. The monoisotopic (exact) mass is 370 g/mol. The summed E-state index contributed by atoms with van der Waals surface area (Å²) in [5.74, 6) is -0.243. The van der Waals surface area contributed by atoms with Gasteiger partial charge in [-0.05, 0) is 25.1 Å². The van der Waals surface area contributed by atoms with E-state index in [2.05, 4.69) is 47.4 Å². The number of rotatable bonds is 7. The Bertz CT molecular complexity index is 512. The molecular weight excluding hydrogens is 336 g/mol. The molecule has 5 atom stereocenters. The van der Waals surface area contributed by atoms with Crippen molar-refractivity contribution in [2.24, 2.45) is 5.41 Å². The minimum absolute atomic E-state index is 0.0176. The summed E-state index contributed by atoms with van der Waals surface area (Å²) in [5, 5.41) is 0.128. The minimum atomic E-state index is -1.90. The molecule has 2 saturated heterocycles. The van der Waals surface area contributed by atoms with Gasteiger partial charge in [0.25, 0.3) is 0 Å². The van der Waals surface area contributed by atoms with E-state index < -0.39 is 8.32 Å². The second-order valence-electron chi connectivity index (χ2n) is 8.91. The SMILES string of the molecule is C=C[C@@H]1O[C@H](CC(=O)OCC)[C@@](C)(CO[Si](C)(C)C(C)(C)C)[C@H]2O[C@@H]12. The summed E-state index contributed by atoms with van der Waals surface area (Å²) in [4.78, 5) is 12.1. The molecule has 0 amide bonds. The van der Waals surface area contributed by atoms with Crippen LogP contribution >= 0.6 is 0 Å². The van der Waals surface area contributed by atoms with E-state index in [0.717, 1.165) is 0 Å². The Labute approximate surface area is 153 Å². The fraction of sp³-hybridized carbons (Fsp3) is 0.842. The molecule has 2 aliphatic heterocycles. The molecule has 6 heteroatoms. The molecule has 25 heavy (non-hydrogen) atoms. The Morgan fingerprint density at radius 3 is 2.48 bits per heavy atom. The summed E-state index contributed by atoms with van der Waals surface area (Å²) in [6.07, 6.45) is 1.55. The van der Waals surface area contributed by atoms with Crippen LogP contribution in [0.5, 0.6) is 0 Å². The molecule has 0 bridgehead atoms. The predicted octanol–water partition coefficient (Wildman–Crippen LogP) is 3.69. The molecule has 0 aromatic rings. The van der Waals surface area contributed by atoms with E-state index in [9.17, 15) is 4.79 Å². The van der Waals surface area contributed by atoms with Gasteiger partial charge in [-0.1, -0.05) is 33.8 Å². The van der Waals surface area contributed by atoms with Crippen LogP contribution in [0.1, 0.15) is 41.0 Å². The van der Waals surface area contributed by atoms with Gasteiger partial charge in [-0.3, -0.25) is 4.79 Å². The summed E-state index contributed by atoms with van der Waals surface area (Å²) in [6.45, 7) is 19.8. The quantitative estimate of drug-likeness (QED) is 0.296. The standard InChI is InChI=1S/C19H34O5Si/c1-9-13-16-17(24-16)19(6,12-22-25(7,8)18(3,4)5)14(23-13)11-15(20)21-10-2/h9,13-14,16-17H,1,10-12H2,2-8H3/t13-,14+,16-,17-,19+/m0/s1. The summed E-state index contributed by atoms with van der Waals surface area (Å²) in [7, 11) is -1.90. The van der Waals surface area contributed by atoms with Crippen molar-refractivity contribution in [2.75, 3.05) is 13.2 Å². The molecule has 0 N–H and O–H groups in total. The Hall–Kier alpha value is -0.693. The second-order valence-corrected chi connectivity index (χ2v) is 13.7. The predicted molar refractivity (Wildman–Crippen MR) is 100 cm³/mol. The van der Waals surface area contributed by atoms with E-state index in [-0.39, 0.29) is 47.3 Å². The van der Waals surface area contributed by atoms with E-state index in [0.29, 0.717) is 13.2 Å². The van der Waals surface area contributed by atoms with Gasteiger partial charge in [0.05, 0.1) is 25.2 Å². The number of hydrogen-bond donors (Lipinski definition) is 0. The van der Waals surface area contributed by atoms with Crippen LogP contribution in [0.4, 0.5) is 0 Å². The van der Waals surface area contributed by atoms with Crippen molar-refractivity contribution < 1.29 is 23.4 Å². The topological polar surface area (TPSA) is 57.3 Å². The zero-order chi connectivity index (χ0) is 19.0. The van der Waals surface area contributed by atoms with Crippen LogP contribution in [-0.4, -0.2) is 51.9 Å². The van der Waals surface area contributed by atoms with Crippen LogP contribution < -0.4 is 0 Å². The molecule has 2 aliphatic rings. The van der Waals surface area contributed by atoms with Crippen molar-refractivity contribution in [1.29, 1.82) is 0 Å². The number of ether oxygens (including phenoxy) is 3. The van der Waals surface area contributed by atoms with Crippen LogP contribution in [0.3, 0.4) is 0 Å². The van der Waals surface area contributed by atoms with Gasteiger partial charge >= 0.3 is 5.97 Å². The van der Waals surface area contributed by atoms with Crippen molar-refractivity contribution in [1.82, 2.24) is 0 Å². The summed E-state index contributed by atoms with van der Waals surface area (Å²) in [5.41, 5.74) is -0.369. The number of carbonyl (C=O) groups excluding carboxylic acids is 1. The highest BCUT2D eigenvalue weighted by Crippen LogP contribution is 2.51. The first-order valence-corrected chi connectivity index (χ1v) is 12.1. The highest BCUT2D eigenvalue weighted by Gasteiger charge is 2.63. The van der Waals surface area contributed by atoms with Gasteiger partial charge in [-0.2, -0.15) is 0 Å². The van der Waals surface area contributed by atoms with E-state index in [1.165, 1.54) is 0 Å². The van der Waals surface area contributed by atoms with E-state index in [4.69, 9.17) is 18.6 Å². The average molecular weight is 371 g/mol. The first kappa shape index (κ1) is 20.6. The van der Waals surface area contributed by atoms with Gasteiger partial charge in [0, 0.05) is 12.0 Å². The fourth-order valence-electron chi connectivity index (χ4n) is 3.08. The van der Waals surface area contributed by atoms with Gasteiger partial charge in [-0.15, -0.1) is 6.58 Å². The third-order valence-electron chi connectivity index (χ3n) is 6.00. The molecule has 0 aliphatic carbocycles. The molecule has 2 rings (SSSR count). The zero-order valence-corrected chi connectivity index (χ0v) is 17.8. The zero-order valence-electron chi connectivity index (χ0n) is 16.8. The lowest BCUT2D eigenvalue weighted by molar-refractivity contribution is -0.156.